The van der Waals surface area contributed by atoms with Gasteiger partial charge in [0, 0.05) is 20.4 Å². The Kier molecular flexibility index (Phi) is 6.02. The lowest BCUT2D eigenvalue weighted by molar-refractivity contribution is 0.0952. The molecule has 0 aliphatic heterocycles. The Morgan fingerprint density at radius 2 is 1.60 bits per heavy atom. The molecule has 4 rings (SSSR count). The predicted octanol–water partition coefficient (Wildman–Crippen LogP) is 6.11. The maximum atomic E-state index is 12.5. The van der Waals surface area contributed by atoms with Crippen LogP contribution in [0.5, 0.6) is 5.75 Å². The highest BCUT2D eigenvalue weighted by Crippen LogP contribution is 2.30. The van der Waals surface area contributed by atoms with Crippen molar-refractivity contribution in [1.29, 1.82) is 0 Å². The summed E-state index contributed by atoms with van der Waals surface area (Å²) in [6, 6.07) is 26.1. The first-order valence-electron chi connectivity index (χ1n) is 9.18. The number of hydrogen-bond donors (Lipinski definition) is 2. The molecule has 0 unspecified atom stereocenters. The normalized spacial score (nSPS) is 11.1. The van der Waals surface area contributed by atoms with Crippen LogP contribution in [0.15, 0.2) is 99.8 Å². The van der Waals surface area contributed by atoms with Crippen molar-refractivity contribution in [2.45, 2.75) is 9.79 Å². The van der Waals surface area contributed by atoms with Gasteiger partial charge in [0.2, 0.25) is 0 Å². The van der Waals surface area contributed by atoms with Crippen LogP contribution in [0.2, 0.25) is 5.02 Å². The molecule has 4 nitrogen and oxygen atoms in total. The molecule has 0 saturated carbocycles. The van der Waals surface area contributed by atoms with E-state index in [1.807, 2.05) is 72.8 Å². The van der Waals surface area contributed by atoms with Crippen molar-refractivity contribution in [2.24, 2.45) is 5.10 Å². The first kappa shape index (κ1) is 20.0. The molecule has 2 N–H and O–H groups in total. The monoisotopic (exact) mass is 432 g/mol. The summed E-state index contributed by atoms with van der Waals surface area (Å²) in [5, 5.41) is 16.7. The Morgan fingerprint density at radius 3 is 2.37 bits per heavy atom. The van der Waals surface area contributed by atoms with Crippen LogP contribution in [0.1, 0.15) is 15.9 Å². The molecule has 4 aromatic rings. The summed E-state index contributed by atoms with van der Waals surface area (Å²) in [5.74, 6) is -0.558. The number of nitrogens with one attached hydrogen (secondary N) is 1. The van der Waals surface area contributed by atoms with Crippen LogP contribution in [0.4, 0.5) is 0 Å². The van der Waals surface area contributed by atoms with Crippen LogP contribution in [0.25, 0.3) is 10.8 Å². The number of carbonyl (C=O) groups excluding carboxylic acids is 1. The van der Waals surface area contributed by atoms with E-state index in [9.17, 15) is 9.90 Å². The maximum absolute atomic E-state index is 12.5. The average Bonchev–Trinajstić information content (AvgIpc) is 2.76. The average molecular weight is 433 g/mol. The van der Waals surface area contributed by atoms with E-state index in [1.54, 1.807) is 30.1 Å². The highest BCUT2D eigenvalue weighted by molar-refractivity contribution is 7.99. The molecule has 0 fully saturated rings. The number of benzene rings is 4. The van der Waals surface area contributed by atoms with E-state index in [0.29, 0.717) is 5.02 Å². The number of aromatic hydroxyl groups is 1. The van der Waals surface area contributed by atoms with E-state index in [2.05, 4.69) is 10.5 Å². The van der Waals surface area contributed by atoms with Crippen molar-refractivity contribution in [3.05, 3.63) is 101 Å². The van der Waals surface area contributed by atoms with Gasteiger partial charge in [0.1, 0.15) is 5.75 Å². The third-order valence-corrected chi connectivity index (χ3v) is 5.79. The minimum atomic E-state index is -0.475. The van der Waals surface area contributed by atoms with Gasteiger partial charge in [-0.05, 0) is 53.2 Å². The number of phenols is 1. The summed E-state index contributed by atoms with van der Waals surface area (Å²) in [7, 11) is 0. The van der Waals surface area contributed by atoms with E-state index in [0.717, 1.165) is 26.1 Å². The van der Waals surface area contributed by atoms with Crippen LogP contribution in [-0.2, 0) is 0 Å². The Bertz CT molecular complexity index is 1240. The second-order valence-electron chi connectivity index (χ2n) is 6.51. The number of rotatable bonds is 5. The number of halogens is 1. The predicted molar refractivity (Wildman–Crippen MR) is 123 cm³/mol. The molecule has 148 valence electrons. The Morgan fingerprint density at radius 1 is 0.933 bits per heavy atom. The lowest BCUT2D eigenvalue weighted by Gasteiger charge is -2.07. The number of carbonyl (C=O) groups is 1. The molecular formula is C24H17ClN2O2S. The number of hydrazone groups is 1. The van der Waals surface area contributed by atoms with Gasteiger partial charge in [0.05, 0.1) is 11.8 Å². The number of hydrogen-bond acceptors (Lipinski definition) is 4. The van der Waals surface area contributed by atoms with E-state index < -0.39 is 5.91 Å². The fourth-order valence-corrected chi connectivity index (χ4v) is 3.98. The quantitative estimate of drug-likeness (QED) is 0.295. The number of phenolic OH excluding ortho intramolecular Hbond substituents is 1. The lowest BCUT2D eigenvalue weighted by atomic mass is 10.1. The van der Waals surface area contributed by atoms with Gasteiger partial charge >= 0.3 is 0 Å². The second kappa shape index (κ2) is 9.03. The molecule has 4 aromatic carbocycles. The van der Waals surface area contributed by atoms with E-state index in [-0.39, 0.29) is 11.3 Å². The molecule has 30 heavy (non-hydrogen) atoms. The molecule has 0 radical (unpaired) electrons. The highest BCUT2D eigenvalue weighted by Gasteiger charge is 2.12. The van der Waals surface area contributed by atoms with E-state index in [4.69, 9.17) is 11.6 Å². The minimum absolute atomic E-state index is 0.0832. The second-order valence-corrected chi connectivity index (χ2v) is 8.06. The van der Waals surface area contributed by atoms with E-state index in [1.165, 1.54) is 0 Å². The van der Waals surface area contributed by atoms with Gasteiger partial charge in [-0.2, -0.15) is 5.10 Å². The first-order valence-corrected chi connectivity index (χ1v) is 10.4. The van der Waals surface area contributed by atoms with Crippen LogP contribution in [0, 0.1) is 0 Å². The third-order valence-electron chi connectivity index (χ3n) is 4.44. The van der Waals surface area contributed by atoms with Crippen LogP contribution in [0.3, 0.4) is 0 Å². The number of nitrogens with zero attached hydrogens (tertiary/aromatic N) is 1. The number of amides is 1. The summed E-state index contributed by atoms with van der Waals surface area (Å²) in [5.41, 5.74) is 3.53. The van der Waals surface area contributed by atoms with Crippen molar-refractivity contribution in [2.75, 3.05) is 0 Å². The molecule has 1 amide bonds. The summed E-state index contributed by atoms with van der Waals surface area (Å²) in [6.07, 6.45) is 1.59. The molecule has 6 heteroatoms. The molecule has 0 aromatic heterocycles. The number of fused-ring (bicyclic) bond motifs is 1. The largest absolute Gasteiger partial charge is 0.507 e. The van der Waals surface area contributed by atoms with Gasteiger partial charge in [-0.1, -0.05) is 65.8 Å². The summed E-state index contributed by atoms with van der Waals surface area (Å²) in [4.78, 5) is 14.5. The Labute approximate surface area is 183 Å². The smallest absolute Gasteiger partial charge is 0.275 e. The third kappa shape index (κ3) is 4.64. The topological polar surface area (TPSA) is 61.7 Å². The standard InChI is InChI=1S/C24H17ClN2O2S/c25-19-9-11-20(12-10-19)30-23-8-4-3-7-18(23)15-26-27-24(29)21-13-16-5-1-2-6-17(16)14-22(21)28/h1-15,28H,(H,27,29). The van der Waals surface area contributed by atoms with E-state index >= 15 is 0 Å². The zero-order chi connectivity index (χ0) is 20.9. The maximum Gasteiger partial charge on any atom is 0.275 e. The van der Waals surface area contributed by atoms with Gasteiger partial charge in [-0.3, -0.25) is 4.79 Å². The van der Waals surface area contributed by atoms with Gasteiger partial charge in [0.25, 0.3) is 5.91 Å². The van der Waals surface area contributed by atoms with Gasteiger partial charge in [0.15, 0.2) is 0 Å². The summed E-state index contributed by atoms with van der Waals surface area (Å²) < 4.78 is 0. The molecule has 0 heterocycles. The van der Waals surface area contributed by atoms with Crippen molar-refractivity contribution in [1.82, 2.24) is 5.43 Å². The molecule has 0 aliphatic rings. The zero-order valence-corrected chi connectivity index (χ0v) is 17.3. The van der Waals surface area contributed by atoms with Crippen molar-refractivity contribution < 1.29 is 9.90 Å². The molecule has 0 saturated heterocycles. The van der Waals surface area contributed by atoms with Crippen LogP contribution in [-0.4, -0.2) is 17.2 Å². The van der Waals surface area contributed by atoms with Gasteiger partial charge in [-0.25, -0.2) is 5.43 Å². The molecular weight excluding hydrogens is 416 g/mol. The van der Waals surface area contributed by atoms with Crippen molar-refractivity contribution >= 4 is 46.3 Å². The van der Waals surface area contributed by atoms with Crippen LogP contribution < -0.4 is 5.43 Å². The molecule has 0 bridgehead atoms. The fourth-order valence-electron chi connectivity index (χ4n) is 2.94. The molecule has 0 aliphatic carbocycles. The summed E-state index contributed by atoms with van der Waals surface area (Å²) in [6.45, 7) is 0. The van der Waals surface area contributed by atoms with Crippen LogP contribution >= 0.6 is 23.4 Å². The zero-order valence-electron chi connectivity index (χ0n) is 15.7. The molecule has 0 atom stereocenters. The lowest BCUT2D eigenvalue weighted by Crippen LogP contribution is -2.17. The van der Waals surface area contributed by atoms with Crippen molar-refractivity contribution in [3.8, 4) is 5.75 Å². The summed E-state index contributed by atoms with van der Waals surface area (Å²) >= 11 is 7.53. The SMILES string of the molecule is O=C(NN=Cc1ccccc1Sc1ccc(Cl)cc1)c1cc2ccccc2cc1O. The Hall–Kier alpha value is -3.28. The highest BCUT2D eigenvalue weighted by atomic mass is 35.5. The first-order chi connectivity index (χ1) is 14.6. The van der Waals surface area contributed by atoms with Gasteiger partial charge in [-0.15, -0.1) is 0 Å². The van der Waals surface area contributed by atoms with Gasteiger partial charge < -0.3 is 5.11 Å². The Balaban J connectivity index is 1.50. The van der Waals surface area contributed by atoms with Crippen molar-refractivity contribution in [3.63, 3.8) is 0 Å². The molecule has 0 spiro atoms. The minimum Gasteiger partial charge on any atom is -0.507 e. The fraction of sp³-hybridized carbons (Fsp3) is 0.